The van der Waals surface area contributed by atoms with Crippen molar-refractivity contribution < 1.29 is 9.53 Å². The van der Waals surface area contributed by atoms with E-state index in [0.29, 0.717) is 0 Å². The van der Waals surface area contributed by atoms with Crippen LogP contribution in [0.1, 0.15) is 18.4 Å². The monoisotopic (exact) mass is 205 g/mol. The average Bonchev–Trinajstić information content (AvgIpc) is 2.52. The number of hydrogen-bond acceptors (Lipinski definition) is 3. The lowest BCUT2D eigenvalue weighted by Crippen LogP contribution is -2.31. The Balaban J connectivity index is 2.46. The highest BCUT2D eigenvalue weighted by Gasteiger charge is 2.38. The summed E-state index contributed by atoms with van der Waals surface area (Å²) in [7, 11) is 3.45. The Morgan fingerprint density at radius 2 is 2.07 bits per heavy atom. The molecule has 0 radical (unpaired) electrons. The van der Waals surface area contributed by atoms with Gasteiger partial charge in [-0.3, -0.25) is 4.79 Å². The molecule has 0 N–H and O–H groups in total. The Hall–Kier alpha value is -1.51. The van der Waals surface area contributed by atoms with Gasteiger partial charge in [0, 0.05) is 18.8 Å². The first-order chi connectivity index (χ1) is 7.16. The van der Waals surface area contributed by atoms with Crippen LogP contribution in [0.5, 0.6) is 0 Å². The number of para-hydroxylation sites is 1. The van der Waals surface area contributed by atoms with Crippen molar-refractivity contribution in [1.29, 1.82) is 0 Å². The summed E-state index contributed by atoms with van der Waals surface area (Å²) in [6.07, 6.45) is 0. The van der Waals surface area contributed by atoms with Crippen LogP contribution in [-0.4, -0.2) is 26.2 Å². The third-order valence-corrected chi connectivity index (χ3v) is 3.20. The molecule has 0 bridgehead atoms. The Bertz CT molecular complexity index is 389. The van der Waals surface area contributed by atoms with Crippen molar-refractivity contribution in [3.63, 3.8) is 0 Å². The first-order valence-corrected chi connectivity index (χ1v) is 5.06. The van der Waals surface area contributed by atoms with Crippen molar-refractivity contribution in [3.8, 4) is 0 Å². The highest BCUT2D eigenvalue weighted by Crippen LogP contribution is 2.40. The lowest BCUT2D eigenvalue weighted by atomic mass is 9.96. The standard InChI is InChI=1S/C12H15NO2/c1-8-11(12(14)15-3)9-6-4-5-7-10(9)13(8)2/h4-8,11H,1-3H3. The molecular weight excluding hydrogens is 190 g/mol. The van der Waals surface area contributed by atoms with E-state index in [1.165, 1.54) is 7.11 Å². The maximum Gasteiger partial charge on any atom is 0.315 e. The normalized spacial score (nSPS) is 23.8. The van der Waals surface area contributed by atoms with Gasteiger partial charge in [-0.25, -0.2) is 0 Å². The molecule has 2 unspecified atom stereocenters. The SMILES string of the molecule is COC(=O)C1c2ccccc2N(C)C1C. The maximum atomic E-state index is 11.7. The molecular formula is C12H15NO2. The minimum absolute atomic E-state index is 0.153. The highest BCUT2D eigenvalue weighted by molar-refractivity contribution is 5.85. The molecule has 1 aromatic carbocycles. The summed E-state index contributed by atoms with van der Waals surface area (Å²) >= 11 is 0. The summed E-state index contributed by atoms with van der Waals surface area (Å²) in [6.45, 7) is 2.04. The molecule has 0 spiro atoms. The second kappa shape index (κ2) is 3.57. The predicted molar refractivity (Wildman–Crippen MR) is 59.1 cm³/mol. The zero-order valence-electron chi connectivity index (χ0n) is 9.23. The number of rotatable bonds is 1. The summed E-state index contributed by atoms with van der Waals surface area (Å²) in [6, 6.07) is 8.14. The van der Waals surface area contributed by atoms with Crippen molar-refractivity contribution in [2.24, 2.45) is 0 Å². The Kier molecular flexibility index (Phi) is 2.39. The molecule has 15 heavy (non-hydrogen) atoms. The lowest BCUT2D eigenvalue weighted by Gasteiger charge is -2.21. The number of hydrogen-bond donors (Lipinski definition) is 0. The van der Waals surface area contributed by atoms with E-state index in [1.807, 2.05) is 38.2 Å². The number of anilines is 1. The average molecular weight is 205 g/mol. The van der Waals surface area contributed by atoms with Gasteiger partial charge in [0.05, 0.1) is 7.11 Å². The van der Waals surface area contributed by atoms with Crippen LogP contribution in [0, 0.1) is 0 Å². The van der Waals surface area contributed by atoms with Gasteiger partial charge in [0.2, 0.25) is 0 Å². The second-order valence-electron chi connectivity index (χ2n) is 3.91. The smallest absolute Gasteiger partial charge is 0.315 e. The quantitative estimate of drug-likeness (QED) is 0.654. The van der Waals surface area contributed by atoms with E-state index in [0.717, 1.165) is 11.3 Å². The fourth-order valence-electron chi connectivity index (χ4n) is 2.23. The number of carbonyl (C=O) groups excluding carboxylic acids is 1. The molecule has 3 nitrogen and oxygen atoms in total. The molecule has 2 rings (SSSR count). The molecule has 3 heteroatoms. The van der Waals surface area contributed by atoms with Gasteiger partial charge in [-0.15, -0.1) is 0 Å². The van der Waals surface area contributed by atoms with Crippen LogP contribution in [0.3, 0.4) is 0 Å². The van der Waals surface area contributed by atoms with Crippen molar-refractivity contribution in [3.05, 3.63) is 29.8 Å². The van der Waals surface area contributed by atoms with Crippen LogP contribution in [0.2, 0.25) is 0 Å². The van der Waals surface area contributed by atoms with Crippen LogP contribution in [0.4, 0.5) is 5.69 Å². The second-order valence-corrected chi connectivity index (χ2v) is 3.91. The molecule has 80 valence electrons. The zero-order valence-corrected chi connectivity index (χ0v) is 9.23. The highest BCUT2D eigenvalue weighted by atomic mass is 16.5. The Morgan fingerprint density at radius 3 is 2.73 bits per heavy atom. The minimum atomic E-state index is -0.156. The number of methoxy groups -OCH3 is 1. The van der Waals surface area contributed by atoms with Gasteiger partial charge in [-0.05, 0) is 18.6 Å². The summed E-state index contributed by atoms with van der Waals surface area (Å²) in [5.41, 5.74) is 2.19. The van der Waals surface area contributed by atoms with Gasteiger partial charge in [0.15, 0.2) is 0 Å². The van der Waals surface area contributed by atoms with E-state index < -0.39 is 0 Å². The summed E-state index contributed by atoms with van der Waals surface area (Å²) < 4.78 is 4.84. The number of likely N-dealkylation sites (N-methyl/N-ethyl adjacent to an activating group) is 1. The molecule has 0 fully saturated rings. The topological polar surface area (TPSA) is 29.5 Å². The molecule has 0 saturated heterocycles. The van der Waals surface area contributed by atoms with Crippen LogP contribution in [0.25, 0.3) is 0 Å². The number of ether oxygens (including phenoxy) is 1. The van der Waals surface area contributed by atoms with E-state index in [1.54, 1.807) is 0 Å². The number of fused-ring (bicyclic) bond motifs is 1. The van der Waals surface area contributed by atoms with Crippen molar-refractivity contribution >= 4 is 11.7 Å². The summed E-state index contributed by atoms with van der Waals surface area (Å²) in [5.74, 6) is -0.310. The molecule has 2 atom stereocenters. The van der Waals surface area contributed by atoms with Gasteiger partial charge in [0.1, 0.15) is 5.92 Å². The Morgan fingerprint density at radius 1 is 1.40 bits per heavy atom. The third kappa shape index (κ3) is 1.39. The molecule has 1 heterocycles. The van der Waals surface area contributed by atoms with Crippen molar-refractivity contribution in [2.75, 3.05) is 19.1 Å². The largest absolute Gasteiger partial charge is 0.468 e. The molecule has 0 amide bonds. The molecule has 0 aliphatic carbocycles. The fraction of sp³-hybridized carbons (Fsp3) is 0.417. The van der Waals surface area contributed by atoms with E-state index in [9.17, 15) is 4.79 Å². The maximum absolute atomic E-state index is 11.7. The first kappa shape index (κ1) is 10.0. The number of esters is 1. The molecule has 1 aromatic rings. The summed E-state index contributed by atoms with van der Waals surface area (Å²) in [4.78, 5) is 13.8. The van der Waals surface area contributed by atoms with E-state index in [2.05, 4.69) is 4.90 Å². The van der Waals surface area contributed by atoms with Crippen LogP contribution < -0.4 is 4.90 Å². The van der Waals surface area contributed by atoms with Crippen LogP contribution in [-0.2, 0) is 9.53 Å². The lowest BCUT2D eigenvalue weighted by molar-refractivity contribution is -0.142. The first-order valence-electron chi connectivity index (χ1n) is 5.06. The van der Waals surface area contributed by atoms with E-state index in [4.69, 9.17) is 4.74 Å². The molecule has 1 aliphatic rings. The molecule has 0 aromatic heterocycles. The number of nitrogens with zero attached hydrogens (tertiary/aromatic N) is 1. The minimum Gasteiger partial charge on any atom is -0.468 e. The predicted octanol–water partition coefficient (Wildman–Crippen LogP) is 1.78. The van der Waals surface area contributed by atoms with Gasteiger partial charge < -0.3 is 9.64 Å². The van der Waals surface area contributed by atoms with E-state index >= 15 is 0 Å². The Labute approximate surface area is 89.7 Å². The molecule has 0 saturated carbocycles. The third-order valence-electron chi connectivity index (χ3n) is 3.20. The number of benzene rings is 1. The van der Waals surface area contributed by atoms with Crippen molar-refractivity contribution in [1.82, 2.24) is 0 Å². The molecule has 1 aliphatic heterocycles. The van der Waals surface area contributed by atoms with E-state index in [-0.39, 0.29) is 17.9 Å². The van der Waals surface area contributed by atoms with Gasteiger partial charge in [-0.1, -0.05) is 18.2 Å². The number of carbonyl (C=O) groups is 1. The summed E-state index contributed by atoms with van der Waals surface area (Å²) in [5, 5.41) is 0. The van der Waals surface area contributed by atoms with Crippen LogP contribution in [0.15, 0.2) is 24.3 Å². The van der Waals surface area contributed by atoms with Gasteiger partial charge >= 0.3 is 5.97 Å². The zero-order chi connectivity index (χ0) is 11.0. The van der Waals surface area contributed by atoms with Gasteiger partial charge in [-0.2, -0.15) is 0 Å². The van der Waals surface area contributed by atoms with Gasteiger partial charge in [0.25, 0.3) is 0 Å². The van der Waals surface area contributed by atoms with Crippen LogP contribution >= 0.6 is 0 Å². The fourth-order valence-corrected chi connectivity index (χ4v) is 2.23. The van der Waals surface area contributed by atoms with Crippen molar-refractivity contribution in [2.45, 2.75) is 18.9 Å².